The smallest absolute Gasteiger partial charge is 0.317 e. The van der Waals surface area contributed by atoms with E-state index >= 15 is 0 Å². The number of carbonyl (C=O) groups is 2. The van der Waals surface area contributed by atoms with Crippen LogP contribution in [0.2, 0.25) is 0 Å². The molecule has 1 aliphatic rings. The monoisotopic (exact) mass is 354 g/mol. The molecule has 0 spiro atoms. The zero-order valence-corrected chi connectivity index (χ0v) is 14.4. The molecule has 1 fully saturated rings. The van der Waals surface area contributed by atoms with Gasteiger partial charge in [0.15, 0.2) is 17.7 Å². The van der Waals surface area contributed by atoms with E-state index in [0.29, 0.717) is 26.2 Å². The first kappa shape index (κ1) is 19.1. The Balaban J connectivity index is 1.90. The first-order valence-electron chi connectivity index (χ1n) is 8.08. The fourth-order valence-electron chi connectivity index (χ4n) is 2.71. The summed E-state index contributed by atoms with van der Waals surface area (Å²) in [6.07, 6.45) is -1.10. The van der Waals surface area contributed by atoms with E-state index in [9.17, 15) is 14.0 Å². The third kappa shape index (κ3) is 5.68. The molecule has 7 nitrogen and oxygen atoms in total. The SMILES string of the molecule is CC(Oc1ccccc1F)C(=O)N1CCOC(CN(C)CC(=O)O)C1. The van der Waals surface area contributed by atoms with Crippen molar-refractivity contribution in [3.05, 3.63) is 30.1 Å². The number of halogens is 1. The number of morpholine rings is 1. The lowest BCUT2D eigenvalue weighted by atomic mass is 10.2. The number of ether oxygens (including phenoxy) is 2. The molecule has 8 heteroatoms. The first-order chi connectivity index (χ1) is 11.9. The molecule has 138 valence electrons. The lowest BCUT2D eigenvalue weighted by Crippen LogP contribution is -2.52. The summed E-state index contributed by atoms with van der Waals surface area (Å²) in [5.41, 5.74) is 0. The largest absolute Gasteiger partial charge is 0.480 e. The second-order valence-corrected chi connectivity index (χ2v) is 6.06. The molecule has 0 aromatic heterocycles. The fourth-order valence-corrected chi connectivity index (χ4v) is 2.71. The van der Waals surface area contributed by atoms with Crippen molar-refractivity contribution in [1.82, 2.24) is 9.80 Å². The van der Waals surface area contributed by atoms with E-state index in [4.69, 9.17) is 14.6 Å². The highest BCUT2D eigenvalue weighted by atomic mass is 19.1. The van der Waals surface area contributed by atoms with Crippen LogP contribution in [0.5, 0.6) is 5.75 Å². The van der Waals surface area contributed by atoms with Gasteiger partial charge in [-0.1, -0.05) is 12.1 Å². The maximum absolute atomic E-state index is 13.6. The number of nitrogens with zero attached hydrogens (tertiary/aromatic N) is 2. The third-order valence-corrected chi connectivity index (χ3v) is 3.86. The molecule has 25 heavy (non-hydrogen) atoms. The van der Waals surface area contributed by atoms with Crippen molar-refractivity contribution in [3.8, 4) is 5.75 Å². The van der Waals surface area contributed by atoms with Gasteiger partial charge in [0, 0.05) is 19.6 Å². The predicted molar refractivity (Wildman–Crippen MR) is 87.9 cm³/mol. The molecule has 0 bridgehead atoms. The van der Waals surface area contributed by atoms with Crippen LogP contribution in [0.25, 0.3) is 0 Å². The molecule has 0 radical (unpaired) electrons. The lowest BCUT2D eigenvalue weighted by Gasteiger charge is -2.35. The van der Waals surface area contributed by atoms with Crippen molar-refractivity contribution in [1.29, 1.82) is 0 Å². The Hall–Kier alpha value is -2.19. The number of hydrogen-bond acceptors (Lipinski definition) is 5. The van der Waals surface area contributed by atoms with E-state index in [-0.39, 0.29) is 24.3 Å². The molecule has 1 amide bonds. The number of benzene rings is 1. The highest BCUT2D eigenvalue weighted by molar-refractivity contribution is 5.81. The van der Waals surface area contributed by atoms with Crippen LogP contribution in [-0.4, -0.2) is 78.8 Å². The zero-order valence-electron chi connectivity index (χ0n) is 14.4. The van der Waals surface area contributed by atoms with Gasteiger partial charge in [-0.3, -0.25) is 14.5 Å². The average molecular weight is 354 g/mol. The van der Waals surface area contributed by atoms with E-state index in [1.807, 2.05) is 0 Å². The molecule has 0 saturated carbocycles. The van der Waals surface area contributed by atoms with E-state index < -0.39 is 17.9 Å². The van der Waals surface area contributed by atoms with Gasteiger partial charge in [0.2, 0.25) is 0 Å². The van der Waals surface area contributed by atoms with E-state index in [1.165, 1.54) is 12.1 Å². The summed E-state index contributed by atoms with van der Waals surface area (Å²) in [4.78, 5) is 26.5. The Kier molecular flexibility index (Phi) is 6.72. The van der Waals surface area contributed by atoms with Crippen LogP contribution in [0.15, 0.2) is 24.3 Å². The minimum Gasteiger partial charge on any atom is -0.480 e. The van der Waals surface area contributed by atoms with Crippen LogP contribution in [0.3, 0.4) is 0 Å². The maximum Gasteiger partial charge on any atom is 0.317 e. The van der Waals surface area contributed by atoms with Crippen LogP contribution in [0.1, 0.15) is 6.92 Å². The molecule has 2 rings (SSSR count). The highest BCUT2D eigenvalue weighted by Gasteiger charge is 2.29. The Labute approximate surface area is 145 Å². The summed E-state index contributed by atoms with van der Waals surface area (Å²) in [6, 6.07) is 5.94. The maximum atomic E-state index is 13.6. The van der Waals surface area contributed by atoms with Crippen LogP contribution in [0.4, 0.5) is 4.39 Å². The predicted octanol–water partition coefficient (Wildman–Crippen LogP) is 0.837. The number of carboxylic acids is 1. The summed E-state index contributed by atoms with van der Waals surface area (Å²) in [5.74, 6) is -1.65. The highest BCUT2D eigenvalue weighted by Crippen LogP contribution is 2.18. The molecular weight excluding hydrogens is 331 g/mol. The number of aliphatic carboxylic acids is 1. The molecule has 1 saturated heterocycles. The standard InChI is InChI=1S/C17H23FN2O5/c1-12(25-15-6-4-3-5-14(15)18)17(23)20-7-8-24-13(10-20)9-19(2)11-16(21)22/h3-6,12-13H,7-11H2,1-2H3,(H,21,22). The second-order valence-electron chi connectivity index (χ2n) is 6.06. The number of carboxylic acid groups (broad SMARTS) is 1. The molecule has 0 aliphatic carbocycles. The van der Waals surface area contributed by atoms with Gasteiger partial charge in [-0.25, -0.2) is 4.39 Å². The zero-order chi connectivity index (χ0) is 18.4. The number of para-hydroxylation sites is 1. The quantitative estimate of drug-likeness (QED) is 0.782. The number of likely N-dealkylation sites (N-methyl/N-ethyl adjacent to an activating group) is 1. The third-order valence-electron chi connectivity index (χ3n) is 3.86. The molecular formula is C17H23FN2O5. The number of rotatable bonds is 7. The summed E-state index contributed by atoms with van der Waals surface area (Å²) in [6.45, 7) is 3.01. The minimum absolute atomic E-state index is 0.0364. The van der Waals surface area contributed by atoms with Gasteiger partial charge in [-0.15, -0.1) is 0 Å². The normalized spacial score (nSPS) is 18.9. The van der Waals surface area contributed by atoms with Crippen LogP contribution in [0, 0.1) is 5.82 Å². The van der Waals surface area contributed by atoms with Gasteiger partial charge in [-0.05, 0) is 26.1 Å². The summed E-state index contributed by atoms with van der Waals surface area (Å²) in [5, 5.41) is 8.79. The lowest BCUT2D eigenvalue weighted by molar-refractivity contribution is -0.147. The van der Waals surface area contributed by atoms with Gasteiger partial charge in [-0.2, -0.15) is 0 Å². The summed E-state index contributed by atoms with van der Waals surface area (Å²) in [7, 11) is 1.68. The Morgan fingerprint density at radius 3 is 2.88 bits per heavy atom. The first-order valence-corrected chi connectivity index (χ1v) is 8.08. The molecule has 1 N–H and O–H groups in total. The van der Waals surface area contributed by atoms with Crippen molar-refractivity contribution in [2.24, 2.45) is 0 Å². The molecule has 1 aliphatic heterocycles. The van der Waals surface area contributed by atoms with Gasteiger partial charge < -0.3 is 19.5 Å². The second kappa shape index (κ2) is 8.77. The molecule has 1 aromatic rings. The van der Waals surface area contributed by atoms with Gasteiger partial charge in [0.05, 0.1) is 19.3 Å². The summed E-state index contributed by atoms with van der Waals surface area (Å²) >= 11 is 0. The Morgan fingerprint density at radius 2 is 2.20 bits per heavy atom. The van der Waals surface area contributed by atoms with Gasteiger partial charge in [0.25, 0.3) is 5.91 Å². The van der Waals surface area contributed by atoms with Crippen LogP contribution >= 0.6 is 0 Å². The van der Waals surface area contributed by atoms with Crippen molar-refractivity contribution < 1.29 is 28.6 Å². The van der Waals surface area contributed by atoms with Crippen molar-refractivity contribution in [2.75, 3.05) is 39.8 Å². The van der Waals surface area contributed by atoms with Gasteiger partial charge in [0.1, 0.15) is 0 Å². The number of amides is 1. The Bertz CT molecular complexity index is 612. The van der Waals surface area contributed by atoms with Crippen molar-refractivity contribution in [3.63, 3.8) is 0 Å². The summed E-state index contributed by atoms with van der Waals surface area (Å²) < 4.78 is 24.7. The Morgan fingerprint density at radius 1 is 1.48 bits per heavy atom. The minimum atomic E-state index is -0.918. The van der Waals surface area contributed by atoms with Crippen molar-refractivity contribution >= 4 is 11.9 Å². The number of carbonyl (C=O) groups excluding carboxylic acids is 1. The molecule has 1 aromatic carbocycles. The van der Waals surface area contributed by atoms with Gasteiger partial charge >= 0.3 is 5.97 Å². The van der Waals surface area contributed by atoms with Crippen molar-refractivity contribution in [2.45, 2.75) is 19.1 Å². The topological polar surface area (TPSA) is 79.3 Å². The average Bonchev–Trinajstić information content (AvgIpc) is 2.55. The fraction of sp³-hybridized carbons (Fsp3) is 0.529. The van der Waals surface area contributed by atoms with E-state index in [1.54, 1.807) is 35.9 Å². The molecule has 1 heterocycles. The van der Waals surface area contributed by atoms with E-state index in [0.717, 1.165) is 0 Å². The van der Waals surface area contributed by atoms with Crippen LogP contribution in [-0.2, 0) is 14.3 Å². The van der Waals surface area contributed by atoms with Crippen LogP contribution < -0.4 is 4.74 Å². The number of hydrogen-bond donors (Lipinski definition) is 1. The van der Waals surface area contributed by atoms with E-state index in [2.05, 4.69) is 0 Å². The molecule has 2 atom stereocenters. The molecule has 2 unspecified atom stereocenters.